The number of hydrogen-bond acceptors (Lipinski definition) is 2. The minimum atomic E-state index is 0.0629. The fourth-order valence-electron chi connectivity index (χ4n) is 1.63. The largest absolute Gasteiger partial charge is 0.369 e. The molecule has 5 nitrogen and oxygen atoms in total. The zero-order chi connectivity index (χ0) is 17.5. The zero-order valence-electron chi connectivity index (χ0n) is 12.2. The van der Waals surface area contributed by atoms with Crippen molar-refractivity contribution in [3.05, 3.63) is 58.6 Å². The van der Waals surface area contributed by atoms with Gasteiger partial charge in [-0.25, -0.2) is 0 Å². The lowest BCUT2D eigenvalue weighted by atomic mass is 10.3. The lowest BCUT2D eigenvalue weighted by Gasteiger charge is -2.10. The number of anilines is 2. The maximum atomic E-state index is 5.82. The Balaban J connectivity index is 1.87. The highest BCUT2D eigenvalue weighted by Gasteiger charge is 2.02. The maximum absolute atomic E-state index is 5.82. The van der Waals surface area contributed by atoms with Gasteiger partial charge < -0.3 is 21.7 Å². The van der Waals surface area contributed by atoms with Crippen molar-refractivity contribution in [3.8, 4) is 0 Å². The van der Waals surface area contributed by atoms with Crippen LogP contribution in [0.2, 0.25) is 10.0 Å². The van der Waals surface area contributed by atoms with Gasteiger partial charge in [0.2, 0.25) is 11.1 Å². The molecule has 5 N–H and O–H groups in total. The molecule has 0 amide bonds. The van der Waals surface area contributed by atoms with Crippen LogP contribution in [0.25, 0.3) is 0 Å². The smallest absolute Gasteiger partial charge is 0.202 e. The van der Waals surface area contributed by atoms with Gasteiger partial charge >= 0.3 is 0 Å². The van der Waals surface area contributed by atoms with Crippen molar-refractivity contribution in [1.82, 2.24) is 5.32 Å². The molecule has 0 unspecified atom stereocenters. The summed E-state index contributed by atoms with van der Waals surface area (Å²) in [6.45, 7) is 0. The van der Waals surface area contributed by atoms with Crippen LogP contribution in [-0.4, -0.2) is 16.2 Å². The summed E-state index contributed by atoms with van der Waals surface area (Å²) in [5.74, 6) is 0.0629. The lowest BCUT2D eigenvalue weighted by molar-refractivity contribution is 1.31. The van der Waals surface area contributed by atoms with Gasteiger partial charge in [-0.2, -0.15) is 4.99 Å². The van der Waals surface area contributed by atoms with Crippen molar-refractivity contribution in [2.24, 2.45) is 10.7 Å². The molecule has 0 atom stereocenters. The summed E-state index contributed by atoms with van der Waals surface area (Å²) in [5.41, 5.74) is 7.30. The molecule has 0 saturated heterocycles. The average molecular weight is 398 g/mol. The second kappa shape index (κ2) is 8.79. The van der Waals surface area contributed by atoms with Gasteiger partial charge in [0.05, 0.1) is 0 Å². The molecule has 2 rings (SSSR count). The third-order valence-electron chi connectivity index (χ3n) is 2.66. The molecule has 0 aliphatic carbocycles. The number of nitrogens with one attached hydrogen (secondary N) is 3. The molecule has 0 aliphatic heterocycles. The summed E-state index contributed by atoms with van der Waals surface area (Å²) < 4.78 is 0. The van der Waals surface area contributed by atoms with E-state index in [4.69, 9.17) is 53.4 Å². The number of halogens is 2. The highest BCUT2D eigenvalue weighted by Crippen LogP contribution is 2.14. The van der Waals surface area contributed by atoms with Gasteiger partial charge in [-0.3, -0.25) is 0 Å². The Morgan fingerprint density at radius 2 is 1.29 bits per heavy atom. The van der Waals surface area contributed by atoms with E-state index in [1.54, 1.807) is 48.5 Å². The zero-order valence-corrected chi connectivity index (χ0v) is 15.4. The average Bonchev–Trinajstić information content (AvgIpc) is 2.51. The molecule has 2 aromatic carbocycles. The molecule has 9 heteroatoms. The van der Waals surface area contributed by atoms with Crippen molar-refractivity contribution < 1.29 is 0 Å². The standard InChI is InChI=1S/C15H13Cl2N5S2/c16-9-1-5-11(6-2-9)19-14(23)21-13(18)22-15(24)20-12-7-3-10(17)4-8-12/h1-8H,(H5,18,19,20,21,22,23,24). The Hall–Kier alpha value is -1.93. The van der Waals surface area contributed by atoms with Crippen LogP contribution in [0.4, 0.5) is 11.4 Å². The van der Waals surface area contributed by atoms with E-state index in [-0.39, 0.29) is 16.2 Å². The first-order valence-corrected chi connectivity index (χ1v) is 8.24. The molecule has 124 valence electrons. The Kier molecular flexibility index (Phi) is 6.74. The summed E-state index contributed by atoms with van der Waals surface area (Å²) in [5, 5.41) is 10.4. The maximum Gasteiger partial charge on any atom is 0.202 e. The molecule has 0 bridgehead atoms. The number of hydrogen-bond donors (Lipinski definition) is 4. The number of benzene rings is 2. The van der Waals surface area contributed by atoms with Gasteiger partial charge in [-0.15, -0.1) is 0 Å². The van der Waals surface area contributed by atoms with Crippen LogP contribution in [0, 0.1) is 0 Å². The highest BCUT2D eigenvalue weighted by atomic mass is 35.5. The van der Waals surface area contributed by atoms with E-state index in [1.807, 2.05) is 0 Å². The molecule has 2 aromatic rings. The van der Waals surface area contributed by atoms with E-state index in [0.717, 1.165) is 11.4 Å². The van der Waals surface area contributed by atoms with Crippen LogP contribution in [-0.2, 0) is 0 Å². The van der Waals surface area contributed by atoms with Gasteiger partial charge in [0.1, 0.15) is 0 Å². The second-order valence-electron chi connectivity index (χ2n) is 4.52. The topological polar surface area (TPSA) is 74.5 Å². The molecule has 24 heavy (non-hydrogen) atoms. The predicted octanol–water partition coefficient (Wildman–Crippen LogP) is 3.99. The SMILES string of the molecule is N/C(=N\C(=S)Nc1ccc(Cl)cc1)NC(=S)Nc1ccc(Cl)cc1. The fourth-order valence-corrected chi connectivity index (χ4v) is 2.32. The van der Waals surface area contributed by atoms with Crippen LogP contribution >= 0.6 is 47.6 Å². The second-order valence-corrected chi connectivity index (χ2v) is 6.19. The van der Waals surface area contributed by atoms with Gasteiger partial charge in [-0.1, -0.05) is 23.2 Å². The van der Waals surface area contributed by atoms with E-state index in [2.05, 4.69) is 20.9 Å². The molecule has 0 aromatic heterocycles. The first-order chi connectivity index (χ1) is 11.4. The first kappa shape index (κ1) is 18.4. The van der Waals surface area contributed by atoms with E-state index in [1.165, 1.54) is 0 Å². The van der Waals surface area contributed by atoms with Crippen LogP contribution in [0.3, 0.4) is 0 Å². The number of nitrogens with two attached hydrogens (primary N) is 1. The lowest BCUT2D eigenvalue weighted by Crippen LogP contribution is -2.40. The summed E-state index contributed by atoms with van der Waals surface area (Å²) in [7, 11) is 0. The van der Waals surface area contributed by atoms with E-state index < -0.39 is 0 Å². The molecular formula is C15H13Cl2N5S2. The molecular weight excluding hydrogens is 385 g/mol. The monoisotopic (exact) mass is 397 g/mol. The van der Waals surface area contributed by atoms with Gasteiger partial charge in [-0.05, 0) is 73.0 Å². The van der Waals surface area contributed by atoms with Crippen LogP contribution in [0.15, 0.2) is 53.5 Å². The molecule has 0 spiro atoms. The molecule has 0 fully saturated rings. The Morgan fingerprint density at radius 1 is 0.833 bits per heavy atom. The Bertz CT molecular complexity index is 760. The number of aliphatic imine (C=N–C) groups is 1. The van der Waals surface area contributed by atoms with Crippen molar-refractivity contribution in [2.45, 2.75) is 0 Å². The molecule has 0 radical (unpaired) electrons. The van der Waals surface area contributed by atoms with Crippen LogP contribution in [0.5, 0.6) is 0 Å². The number of rotatable bonds is 2. The van der Waals surface area contributed by atoms with Gasteiger partial charge in [0.15, 0.2) is 5.11 Å². The van der Waals surface area contributed by atoms with E-state index in [0.29, 0.717) is 10.0 Å². The summed E-state index contributed by atoms with van der Waals surface area (Å²) >= 11 is 21.9. The predicted molar refractivity (Wildman–Crippen MR) is 110 cm³/mol. The summed E-state index contributed by atoms with van der Waals surface area (Å²) in [6, 6.07) is 14.1. The van der Waals surface area contributed by atoms with E-state index in [9.17, 15) is 0 Å². The first-order valence-electron chi connectivity index (χ1n) is 6.66. The minimum Gasteiger partial charge on any atom is -0.369 e. The summed E-state index contributed by atoms with van der Waals surface area (Å²) in [6.07, 6.45) is 0. The molecule has 0 heterocycles. The fraction of sp³-hybridized carbons (Fsp3) is 0. The van der Waals surface area contributed by atoms with Crippen molar-refractivity contribution in [1.29, 1.82) is 0 Å². The third-order valence-corrected chi connectivity index (χ3v) is 3.56. The number of thiocarbonyl (C=S) groups is 2. The van der Waals surface area contributed by atoms with Crippen molar-refractivity contribution in [3.63, 3.8) is 0 Å². The van der Waals surface area contributed by atoms with Crippen LogP contribution < -0.4 is 21.7 Å². The quantitative estimate of drug-likeness (QED) is 0.348. The number of guanidine groups is 1. The Labute approximate surface area is 160 Å². The van der Waals surface area contributed by atoms with Crippen LogP contribution in [0.1, 0.15) is 0 Å². The van der Waals surface area contributed by atoms with Crippen molar-refractivity contribution >= 4 is 75.2 Å². The molecule has 0 saturated carbocycles. The summed E-state index contributed by atoms with van der Waals surface area (Å²) in [4.78, 5) is 4.01. The third kappa shape index (κ3) is 6.29. The number of nitrogens with zero attached hydrogens (tertiary/aromatic N) is 1. The Morgan fingerprint density at radius 3 is 1.79 bits per heavy atom. The van der Waals surface area contributed by atoms with Gasteiger partial charge in [0, 0.05) is 21.4 Å². The van der Waals surface area contributed by atoms with E-state index >= 15 is 0 Å². The normalized spacial score (nSPS) is 10.8. The minimum absolute atomic E-state index is 0.0629. The highest BCUT2D eigenvalue weighted by molar-refractivity contribution is 7.80. The van der Waals surface area contributed by atoms with Gasteiger partial charge in [0.25, 0.3) is 0 Å². The molecule has 0 aliphatic rings. The van der Waals surface area contributed by atoms with Crippen molar-refractivity contribution in [2.75, 3.05) is 10.6 Å².